The molecule has 7 nitrogen and oxygen atoms in total. The van der Waals surface area contributed by atoms with Gasteiger partial charge in [0.2, 0.25) is 0 Å². The van der Waals surface area contributed by atoms with E-state index in [1.54, 1.807) is 4.90 Å². The third kappa shape index (κ3) is 5.48. The monoisotopic (exact) mass is 426 g/mol. The second-order valence-corrected chi connectivity index (χ2v) is 7.25. The first-order chi connectivity index (χ1) is 15.1. The van der Waals surface area contributed by atoms with Crippen molar-refractivity contribution in [3.8, 4) is 11.5 Å². The van der Waals surface area contributed by atoms with Gasteiger partial charge in [0.15, 0.2) is 11.5 Å². The van der Waals surface area contributed by atoms with E-state index >= 15 is 0 Å². The lowest BCUT2D eigenvalue weighted by Gasteiger charge is -2.37. The van der Waals surface area contributed by atoms with Crippen LogP contribution in [0, 0.1) is 0 Å². The number of hydrogen-bond acceptors (Lipinski definition) is 5. The van der Waals surface area contributed by atoms with E-state index in [0.717, 1.165) is 16.7 Å². The Balaban J connectivity index is 1.88. The Morgan fingerprint density at radius 1 is 1.06 bits per heavy atom. The normalized spacial score (nSPS) is 15.1. The van der Waals surface area contributed by atoms with Crippen LogP contribution in [-0.4, -0.2) is 43.8 Å². The summed E-state index contributed by atoms with van der Waals surface area (Å²) in [6.07, 6.45) is 0.736. The van der Waals surface area contributed by atoms with Crippen molar-refractivity contribution < 1.29 is 23.8 Å². The van der Waals surface area contributed by atoms with Crippen molar-refractivity contribution in [1.82, 2.24) is 10.2 Å². The van der Waals surface area contributed by atoms with Gasteiger partial charge in [0, 0.05) is 13.1 Å². The fourth-order valence-electron chi connectivity index (χ4n) is 3.83. The van der Waals surface area contributed by atoms with E-state index in [9.17, 15) is 9.59 Å². The Labute approximate surface area is 183 Å². The summed E-state index contributed by atoms with van der Waals surface area (Å²) in [5, 5.41) is 2.97. The molecule has 0 radical (unpaired) electrons. The van der Waals surface area contributed by atoms with Gasteiger partial charge >= 0.3 is 12.0 Å². The number of ether oxygens (including phenoxy) is 3. The molecule has 166 valence electrons. The first-order valence-electron chi connectivity index (χ1n) is 10.6. The van der Waals surface area contributed by atoms with Crippen LogP contribution in [0.1, 0.15) is 43.0 Å². The highest BCUT2D eigenvalue weighted by Gasteiger charge is 2.34. The SMILES string of the molecule is CCOc1cc2c(cc1OCC)[C@H](CC(=O)OC)N(C(=O)NCc1ccccc1)CC2. The number of benzene rings is 2. The maximum Gasteiger partial charge on any atom is 0.318 e. The number of carbonyl (C=O) groups is 2. The Morgan fingerprint density at radius 2 is 1.74 bits per heavy atom. The number of nitrogens with zero attached hydrogens (tertiary/aromatic N) is 1. The summed E-state index contributed by atoms with van der Waals surface area (Å²) in [6, 6.07) is 12.9. The molecule has 3 rings (SSSR count). The zero-order valence-corrected chi connectivity index (χ0v) is 18.3. The Morgan fingerprint density at radius 3 is 2.39 bits per heavy atom. The summed E-state index contributed by atoms with van der Waals surface area (Å²) < 4.78 is 16.4. The van der Waals surface area contributed by atoms with E-state index < -0.39 is 6.04 Å². The van der Waals surface area contributed by atoms with Crippen LogP contribution >= 0.6 is 0 Å². The van der Waals surface area contributed by atoms with E-state index in [1.165, 1.54) is 7.11 Å². The molecule has 1 aliphatic rings. The fourth-order valence-corrected chi connectivity index (χ4v) is 3.83. The van der Waals surface area contributed by atoms with E-state index in [0.29, 0.717) is 44.2 Å². The van der Waals surface area contributed by atoms with Crippen LogP contribution in [0.3, 0.4) is 0 Å². The molecule has 0 aliphatic carbocycles. The Hall–Kier alpha value is -3.22. The van der Waals surface area contributed by atoms with Gasteiger partial charge in [0.1, 0.15) is 0 Å². The summed E-state index contributed by atoms with van der Waals surface area (Å²) in [7, 11) is 1.36. The molecule has 31 heavy (non-hydrogen) atoms. The summed E-state index contributed by atoms with van der Waals surface area (Å²) in [5.41, 5.74) is 2.95. The van der Waals surface area contributed by atoms with Gasteiger partial charge in [0.25, 0.3) is 0 Å². The van der Waals surface area contributed by atoms with Crippen molar-refractivity contribution in [2.24, 2.45) is 0 Å². The third-order valence-electron chi connectivity index (χ3n) is 5.30. The molecule has 0 unspecified atom stereocenters. The lowest BCUT2D eigenvalue weighted by Crippen LogP contribution is -2.46. The van der Waals surface area contributed by atoms with Crippen molar-refractivity contribution in [2.45, 2.75) is 39.3 Å². The van der Waals surface area contributed by atoms with Crippen molar-refractivity contribution in [3.05, 3.63) is 59.2 Å². The number of fused-ring (bicyclic) bond motifs is 1. The number of amides is 2. The van der Waals surface area contributed by atoms with Crippen molar-refractivity contribution in [2.75, 3.05) is 26.9 Å². The maximum atomic E-state index is 13.0. The first-order valence-corrected chi connectivity index (χ1v) is 10.6. The van der Waals surface area contributed by atoms with Crippen LogP contribution < -0.4 is 14.8 Å². The second-order valence-electron chi connectivity index (χ2n) is 7.25. The molecular weight excluding hydrogens is 396 g/mol. The quantitative estimate of drug-likeness (QED) is 0.649. The summed E-state index contributed by atoms with van der Waals surface area (Å²) >= 11 is 0. The van der Waals surface area contributed by atoms with E-state index in [2.05, 4.69) is 5.32 Å². The molecule has 0 bridgehead atoms. The molecule has 1 aliphatic heterocycles. The molecule has 2 aromatic carbocycles. The van der Waals surface area contributed by atoms with Gasteiger partial charge in [-0.3, -0.25) is 4.79 Å². The van der Waals surface area contributed by atoms with Crippen LogP contribution in [0.15, 0.2) is 42.5 Å². The number of carbonyl (C=O) groups excluding carboxylic acids is 2. The summed E-state index contributed by atoms with van der Waals surface area (Å²) in [6.45, 7) is 5.76. The molecule has 1 N–H and O–H groups in total. The highest BCUT2D eigenvalue weighted by molar-refractivity contribution is 5.77. The fraction of sp³-hybridized carbons (Fsp3) is 0.417. The zero-order valence-electron chi connectivity index (χ0n) is 18.3. The highest BCUT2D eigenvalue weighted by Crippen LogP contribution is 2.40. The number of urea groups is 1. The molecule has 2 amide bonds. The second kappa shape index (κ2) is 10.7. The molecule has 1 atom stereocenters. The number of hydrogen-bond donors (Lipinski definition) is 1. The lowest BCUT2D eigenvalue weighted by molar-refractivity contribution is -0.141. The van der Waals surface area contributed by atoms with E-state index in [4.69, 9.17) is 14.2 Å². The highest BCUT2D eigenvalue weighted by atomic mass is 16.5. The lowest BCUT2D eigenvalue weighted by atomic mass is 9.90. The summed E-state index contributed by atoms with van der Waals surface area (Å²) in [4.78, 5) is 26.9. The van der Waals surface area contributed by atoms with Crippen LogP contribution in [-0.2, 0) is 22.5 Å². The number of methoxy groups -OCH3 is 1. The van der Waals surface area contributed by atoms with Gasteiger partial charge in [-0.2, -0.15) is 0 Å². The smallest absolute Gasteiger partial charge is 0.318 e. The minimum Gasteiger partial charge on any atom is -0.490 e. The van der Waals surface area contributed by atoms with Gasteiger partial charge in [-0.1, -0.05) is 30.3 Å². The van der Waals surface area contributed by atoms with Crippen molar-refractivity contribution in [1.29, 1.82) is 0 Å². The van der Waals surface area contributed by atoms with Gasteiger partial charge in [-0.15, -0.1) is 0 Å². The standard InChI is InChI=1S/C24H30N2O5/c1-4-30-21-13-18-11-12-26(24(28)25-16-17-9-7-6-8-10-17)20(15-23(27)29-3)19(18)14-22(21)31-5-2/h6-10,13-14,20H,4-5,11-12,15-16H2,1-3H3,(H,25,28)/t20-/m0/s1. The van der Waals surface area contributed by atoms with E-state index in [1.807, 2.05) is 56.3 Å². The molecular formula is C24H30N2O5. The van der Waals surface area contributed by atoms with Gasteiger partial charge in [-0.05, 0) is 49.1 Å². The van der Waals surface area contributed by atoms with Crippen LogP contribution in [0.5, 0.6) is 11.5 Å². The van der Waals surface area contributed by atoms with Crippen molar-refractivity contribution >= 4 is 12.0 Å². The maximum absolute atomic E-state index is 13.0. The molecule has 7 heteroatoms. The van der Waals surface area contributed by atoms with Crippen LogP contribution in [0.4, 0.5) is 4.79 Å². The molecule has 0 aromatic heterocycles. The topological polar surface area (TPSA) is 77.1 Å². The summed E-state index contributed by atoms with van der Waals surface area (Å²) in [5.74, 6) is 0.928. The van der Waals surface area contributed by atoms with Crippen molar-refractivity contribution in [3.63, 3.8) is 0 Å². The number of rotatable bonds is 8. The molecule has 0 fully saturated rings. The predicted molar refractivity (Wildman–Crippen MR) is 117 cm³/mol. The molecule has 0 spiro atoms. The van der Waals surface area contributed by atoms with Gasteiger partial charge in [-0.25, -0.2) is 4.79 Å². The largest absolute Gasteiger partial charge is 0.490 e. The van der Waals surface area contributed by atoms with Crippen LogP contribution in [0.25, 0.3) is 0 Å². The van der Waals surface area contributed by atoms with Crippen LogP contribution in [0.2, 0.25) is 0 Å². The molecule has 1 heterocycles. The Bertz CT molecular complexity index is 900. The Kier molecular flexibility index (Phi) is 7.76. The average molecular weight is 427 g/mol. The van der Waals surface area contributed by atoms with Gasteiger partial charge in [0.05, 0.1) is 32.8 Å². The van der Waals surface area contributed by atoms with E-state index in [-0.39, 0.29) is 18.4 Å². The predicted octanol–water partition coefficient (Wildman–Crippen LogP) is 3.86. The zero-order chi connectivity index (χ0) is 22.2. The molecule has 0 saturated heterocycles. The first kappa shape index (κ1) is 22.5. The molecule has 2 aromatic rings. The average Bonchev–Trinajstić information content (AvgIpc) is 2.79. The minimum atomic E-state index is -0.443. The minimum absolute atomic E-state index is 0.0712. The number of nitrogens with one attached hydrogen (secondary N) is 1. The molecule has 0 saturated carbocycles. The van der Waals surface area contributed by atoms with Gasteiger partial charge < -0.3 is 24.4 Å². The third-order valence-corrected chi connectivity index (χ3v) is 5.30. The number of esters is 1.